The number of rotatable bonds is 5. The first-order chi connectivity index (χ1) is 8.43. The van der Waals surface area contributed by atoms with Gasteiger partial charge in [-0.3, -0.25) is 14.3 Å². The Kier molecular flexibility index (Phi) is 5.20. The maximum atomic E-state index is 12.3. The molecule has 2 atom stereocenters. The van der Waals surface area contributed by atoms with Crippen molar-refractivity contribution in [3.63, 3.8) is 0 Å². The third-order valence-electron chi connectivity index (χ3n) is 3.55. The maximum Gasteiger partial charge on any atom is 0.329 e. The molecule has 0 aliphatic rings. The summed E-state index contributed by atoms with van der Waals surface area (Å²) in [7, 11) is 0. The van der Waals surface area contributed by atoms with E-state index in [1.165, 1.54) is 4.57 Å². The van der Waals surface area contributed by atoms with Gasteiger partial charge in [-0.05, 0) is 19.3 Å². The lowest BCUT2D eigenvalue weighted by molar-refractivity contribution is 0.349. The van der Waals surface area contributed by atoms with E-state index < -0.39 is 5.69 Å². The smallest absolute Gasteiger partial charge is 0.297 e. The highest BCUT2D eigenvalue weighted by Crippen LogP contribution is 2.18. The number of halogens is 1. The van der Waals surface area contributed by atoms with Crippen molar-refractivity contribution in [3.05, 3.63) is 31.6 Å². The van der Waals surface area contributed by atoms with E-state index in [4.69, 9.17) is 11.6 Å². The highest BCUT2D eigenvalue weighted by Gasteiger charge is 2.19. The SMILES string of the molecule is CCCc1c(Cl)[nH]c(=O)n(C(C)C(C)CC)c1=O. The third-order valence-corrected chi connectivity index (χ3v) is 3.87. The molecule has 0 radical (unpaired) electrons. The fourth-order valence-electron chi connectivity index (χ4n) is 1.99. The van der Waals surface area contributed by atoms with Gasteiger partial charge >= 0.3 is 5.69 Å². The van der Waals surface area contributed by atoms with Crippen molar-refractivity contribution >= 4 is 11.6 Å². The van der Waals surface area contributed by atoms with Crippen molar-refractivity contribution in [3.8, 4) is 0 Å². The van der Waals surface area contributed by atoms with Gasteiger partial charge in [0.15, 0.2) is 0 Å². The van der Waals surface area contributed by atoms with Crippen LogP contribution >= 0.6 is 11.6 Å². The van der Waals surface area contributed by atoms with Crippen LogP contribution < -0.4 is 11.2 Å². The summed E-state index contributed by atoms with van der Waals surface area (Å²) in [6.07, 6.45) is 2.32. The van der Waals surface area contributed by atoms with Crippen LogP contribution in [0.3, 0.4) is 0 Å². The number of hydrogen-bond donors (Lipinski definition) is 1. The lowest BCUT2D eigenvalue weighted by Crippen LogP contribution is -2.41. The van der Waals surface area contributed by atoms with E-state index in [1.807, 2.05) is 27.7 Å². The highest BCUT2D eigenvalue weighted by atomic mass is 35.5. The number of aromatic nitrogens is 2. The minimum Gasteiger partial charge on any atom is -0.297 e. The molecular formula is C13H21ClN2O2. The normalized spacial score (nSPS) is 14.5. The van der Waals surface area contributed by atoms with Gasteiger partial charge < -0.3 is 0 Å². The molecule has 1 aromatic heterocycles. The predicted octanol–water partition coefficient (Wildman–Crippen LogP) is 2.75. The Bertz CT molecular complexity index is 519. The van der Waals surface area contributed by atoms with E-state index in [2.05, 4.69) is 4.98 Å². The summed E-state index contributed by atoms with van der Waals surface area (Å²) in [5.41, 5.74) is -0.162. The minimum atomic E-state index is -0.419. The van der Waals surface area contributed by atoms with Gasteiger partial charge in [-0.25, -0.2) is 4.79 Å². The maximum absolute atomic E-state index is 12.3. The Hall–Kier alpha value is -1.03. The van der Waals surface area contributed by atoms with Crippen molar-refractivity contribution < 1.29 is 0 Å². The molecule has 1 aromatic rings. The first-order valence-electron chi connectivity index (χ1n) is 6.47. The van der Waals surface area contributed by atoms with Crippen molar-refractivity contribution in [1.29, 1.82) is 0 Å². The third kappa shape index (κ3) is 2.86. The summed E-state index contributed by atoms with van der Waals surface area (Å²) in [5, 5.41) is 0.180. The fraction of sp³-hybridized carbons (Fsp3) is 0.692. The van der Waals surface area contributed by atoms with E-state index in [0.717, 1.165) is 12.8 Å². The number of nitrogens with zero attached hydrogens (tertiary/aromatic N) is 1. The van der Waals surface area contributed by atoms with Crippen LogP contribution in [0.25, 0.3) is 0 Å². The molecule has 0 spiro atoms. The first kappa shape index (κ1) is 15.0. The molecule has 0 aromatic carbocycles. The van der Waals surface area contributed by atoms with E-state index in [0.29, 0.717) is 12.0 Å². The van der Waals surface area contributed by atoms with Gasteiger partial charge in [0.1, 0.15) is 5.15 Å². The van der Waals surface area contributed by atoms with E-state index in [-0.39, 0.29) is 22.7 Å². The summed E-state index contributed by atoms with van der Waals surface area (Å²) in [4.78, 5) is 26.8. The largest absolute Gasteiger partial charge is 0.329 e. The molecule has 0 saturated carbocycles. The van der Waals surface area contributed by atoms with Crippen LogP contribution in [0, 0.1) is 5.92 Å². The van der Waals surface area contributed by atoms with Crippen LogP contribution in [-0.2, 0) is 6.42 Å². The van der Waals surface area contributed by atoms with Crippen LogP contribution in [0.4, 0.5) is 0 Å². The van der Waals surface area contributed by atoms with E-state index in [1.54, 1.807) is 0 Å². The van der Waals surface area contributed by atoms with Crippen LogP contribution in [0.1, 0.15) is 52.1 Å². The molecule has 0 bridgehead atoms. The molecule has 2 unspecified atom stereocenters. The number of hydrogen-bond acceptors (Lipinski definition) is 2. The van der Waals surface area contributed by atoms with E-state index >= 15 is 0 Å². The topological polar surface area (TPSA) is 54.9 Å². The number of aromatic amines is 1. The summed E-state index contributed by atoms with van der Waals surface area (Å²) < 4.78 is 1.30. The molecule has 0 saturated heterocycles. The molecule has 0 aliphatic heterocycles. The van der Waals surface area contributed by atoms with E-state index in [9.17, 15) is 9.59 Å². The summed E-state index contributed by atoms with van der Waals surface area (Å²) in [6.45, 7) is 7.95. The van der Waals surface area contributed by atoms with Gasteiger partial charge in [0.25, 0.3) is 5.56 Å². The Balaban J connectivity index is 3.41. The van der Waals surface area contributed by atoms with Crippen LogP contribution in [-0.4, -0.2) is 9.55 Å². The fourth-order valence-corrected chi connectivity index (χ4v) is 2.25. The molecule has 0 fully saturated rings. The zero-order valence-electron chi connectivity index (χ0n) is 11.4. The minimum absolute atomic E-state index is 0.126. The van der Waals surface area contributed by atoms with Gasteiger partial charge in [-0.15, -0.1) is 0 Å². The predicted molar refractivity (Wildman–Crippen MR) is 74.5 cm³/mol. The second-order valence-corrected chi connectivity index (χ2v) is 5.15. The quantitative estimate of drug-likeness (QED) is 0.838. The zero-order chi connectivity index (χ0) is 13.9. The molecule has 1 rings (SSSR count). The second-order valence-electron chi connectivity index (χ2n) is 4.77. The zero-order valence-corrected chi connectivity index (χ0v) is 12.2. The standard InChI is InChI=1S/C13H21ClN2O2/c1-5-7-10-11(14)15-13(18)16(12(10)17)9(4)8(3)6-2/h8-9H,5-7H2,1-4H3,(H,15,18). The molecular weight excluding hydrogens is 252 g/mol. The Morgan fingerprint density at radius 3 is 2.39 bits per heavy atom. The van der Waals surface area contributed by atoms with Crippen LogP contribution in [0.5, 0.6) is 0 Å². The molecule has 4 nitrogen and oxygen atoms in total. The van der Waals surface area contributed by atoms with Crippen LogP contribution in [0.15, 0.2) is 9.59 Å². The average molecular weight is 273 g/mol. The average Bonchev–Trinajstić information content (AvgIpc) is 2.32. The molecule has 1 heterocycles. The lowest BCUT2D eigenvalue weighted by atomic mass is 10.0. The van der Waals surface area contributed by atoms with Gasteiger partial charge in [0, 0.05) is 6.04 Å². The summed E-state index contributed by atoms with van der Waals surface area (Å²) >= 11 is 5.93. The molecule has 0 amide bonds. The Morgan fingerprint density at radius 1 is 1.28 bits per heavy atom. The molecule has 18 heavy (non-hydrogen) atoms. The second kappa shape index (κ2) is 6.23. The molecule has 102 valence electrons. The Labute approximate surface area is 112 Å². The lowest BCUT2D eigenvalue weighted by Gasteiger charge is -2.20. The van der Waals surface area contributed by atoms with Crippen molar-refractivity contribution in [2.75, 3.05) is 0 Å². The van der Waals surface area contributed by atoms with Crippen LogP contribution in [0.2, 0.25) is 5.15 Å². The summed E-state index contributed by atoms with van der Waals surface area (Å²) in [5.74, 6) is 0.263. The number of H-pyrrole nitrogens is 1. The van der Waals surface area contributed by atoms with Crippen molar-refractivity contribution in [1.82, 2.24) is 9.55 Å². The van der Waals surface area contributed by atoms with Gasteiger partial charge in [-0.1, -0.05) is 45.2 Å². The highest BCUT2D eigenvalue weighted by molar-refractivity contribution is 6.30. The number of nitrogens with one attached hydrogen (secondary N) is 1. The first-order valence-corrected chi connectivity index (χ1v) is 6.84. The van der Waals surface area contributed by atoms with Crippen molar-refractivity contribution in [2.24, 2.45) is 5.92 Å². The Morgan fingerprint density at radius 2 is 1.89 bits per heavy atom. The van der Waals surface area contributed by atoms with Gasteiger partial charge in [0.05, 0.1) is 5.56 Å². The molecule has 1 N–H and O–H groups in total. The monoisotopic (exact) mass is 272 g/mol. The van der Waals surface area contributed by atoms with Crippen molar-refractivity contribution in [2.45, 2.75) is 53.0 Å². The molecule has 0 aliphatic carbocycles. The van der Waals surface area contributed by atoms with Gasteiger partial charge in [-0.2, -0.15) is 0 Å². The molecule has 5 heteroatoms. The van der Waals surface area contributed by atoms with Gasteiger partial charge in [0.2, 0.25) is 0 Å². The summed E-state index contributed by atoms with van der Waals surface area (Å²) in [6, 6.07) is -0.126.